The molecule has 1 aromatic carbocycles. The van der Waals surface area contributed by atoms with E-state index in [1.54, 1.807) is 32.1 Å². The Morgan fingerprint density at radius 2 is 1.64 bits per heavy atom. The predicted molar refractivity (Wildman–Crippen MR) is 83.5 cm³/mol. The van der Waals surface area contributed by atoms with E-state index >= 15 is 0 Å². The summed E-state index contributed by atoms with van der Waals surface area (Å²) in [6.45, 7) is 3.56. The van der Waals surface area contributed by atoms with E-state index in [1.807, 2.05) is 0 Å². The van der Waals surface area contributed by atoms with Crippen molar-refractivity contribution < 1.29 is 4.39 Å². The zero-order valence-electron chi connectivity index (χ0n) is 12.1. The molecule has 0 unspecified atom stereocenters. The topological polar surface area (TPSA) is 59.6 Å². The average Bonchev–Trinajstić information content (AvgIpc) is 2.48. The van der Waals surface area contributed by atoms with Crippen LogP contribution in [0, 0.1) is 34.4 Å². The fraction of sp³-hybridized carbons (Fsp3) is 0.176. The number of nitrogens with one attached hydrogen (secondary N) is 1. The number of dihydropyridines is 1. The molecule has 0 aromatic heterocycles. The Balaban J connectivity index is 2.49. The molecule has 110 valence electrons. The number of nitriles is 2. The smallest absolute Gasteiger partial charge is 0.123 e. The van der Waals surface area contributed by atoms with Crippen LogP contribution < -0.4 is 5.32 Å². The van der Waals surface area contributed by atoms with Gasteiger partial charge in [0.05, 0.1) is 29.2 Å². The molecule has 1 N–H and O–H groups in total. The summed E-state index contributed by atoms with van der Waals surface area (Å²) in [6.07, 6.45) is 1.65. The van der Waals surface area contributed by atoms with Crippen LogP contribution in [-0.4, -0.2) is 0 Å². The number of hydrogen-bond donors (Lipinski definition) is 1. The normalized spacial score (nSPS) is 16.2. The van der Waals surface area contributed by atoms with Gasteiger partial charge in [-0.3, -0.25) is 0 Å². The Kier molecular flexibility index (Phi) is 4.65. The molecule has 0 saturated heterocycles. The molecule has 0 amide bonds. The SMILES string of the molecule is CC1=C(C#N)C(/C=C(/Cl)c2ccc(F)cc2)C(C#N)=C(C)N1. The second-order valence-electron chi connectivity index (χ2n) is 4.93. The first-order valence-electron chi connectivity index (χ1n) is 6.60. The van der Waals surface area contributed by atoms with Crippen LogP contribution in [-0.2, 0) is 0 Å². The molecule has 0 saturated carbocycles. The van der Waals surface area contributed by atoms with Gasteiger partial charge >= 0.3 is 0 Å². The number of rotatable bonds is 2. The van der Waals surface area contributed by atoms with Gasteiger partial charge in [-0.1, -0.05) is 29.8 Å². The van der Waals surface area contributed by atoms with Crippen LogP contribution in [0.1, 0.15) is 19.4 Å². The van der Waals surface area contributed by atoms with Crippen LogP contribution in [0.4, 0.5) is 4.39 Å². The van der Waals surface area contributed by atoms with Gasteiger partial charge in [0.1, 0.15) is 5.82 Å². The summed E-state index contributed by atoms with van der Waals surface area (Å²) in [7, 11) is 0. The quantitative estimate of drug-likeness (QED) is 0.889. The van der Waals surface area contributed by atoms with E-state index in [9.17, 15) is 14.9 Å². The molecule has 22 heavy (non-hydrogen) atoms. The van der Waals surface area contributed by atoms with Crippen molar-refractivity contribution in [3.8, 4) is 12.1 Å². The van der Waals surface area contributed by atoms with Gasteiger partial charge in [0.15, 0.2) is 0 Å². The van der Waals surface area contributed by atoms with Crippen molar-refractivity contribution in [2.24, 2.45) is 5.92 Å². The van der Waals surface area contributed by atoms with E-state index in [0.717, 1.165) is 0 Å². The minimum absolute atomic E-state index is 0.350. The monoisotopic (exact) mass is 313 g/mol. The lowest BCUT2D eigenvalue weighted by Gasteiger charge is -2.24. The van der Waals surface area contributed by atoms with Crippen molar-refractivity contribution in [2.45, 2.75) is 13.8 Å². The summed E-state index contributed by atoms with van der Waals surface area (Å²) >= 11 is 6.29. The molecule has 0 radical (unpaired) electrons. The molecule has 0 atom stereocenters. The summed E-state index contributed by atoms with van der Waals surface area (Å²) in [4.78, 5) is 0. The van der Waals surface area contributed by atoms with E-state index in [4.69, 9.17) is 11.6 Å². The van der Waals surface area contributed by atoms with Crippen LogP contribution in [0.25, 0.3) is 5.03 Å². The molecule has 1 aliphatic rings. The largest absolute Gasteiger partial charge is 0.361 e. The van der Waals surface area contributed by atoms with Crippen molar-refractivity contribution in [1.29, 1.82) is 10.5 Å². The summed E-state index contributed by atoms with van der Waals surface area (Å²) in [5, 5.41) is 22.1. The van der Waals surface area contributed by atoms with E-state index < -0.39 is 5.92 Å². The van der Waals surface area contributed by atoms with E-state index in [0.29, 0.717) is 33.1 Å². The Hall–Kier alpha value is -2.56. The maximum absolute atomic E-state index is 13.0. The molecule has 0 bridgehead atoms. The van der Waals surface area contributed by atoms with Gasteiger partial charge in [0.25, 0.3) is 0 Å². The lowest BCUT2D eigenvalue weighted by molar-refractivity contribution is 0.627. The number of hydrogen-bond acceptors (Lipinski definition) is 3. The predicted octanol–water partition coefficient (Wildman–Crippen LogP) is 4.22. The maximum Gasteiger partial charge on any atom is 0.123 e. The highest BCUT2D eigenvalue weighted by molar-refractivity contribution is 6.48. The third kappa shape index (κ3) is 3.03. The maximum atomic E-state index is 13.0. The molecule has 1 heterocycles. The lowest BCUT2D eigenvalue weighted by Crippen LogP contribution is -2.23. The van der Waals surface area contributed by atoms with E-state index in [2.05, 4.69) is 17.5 Å². The van der Waals surface area contributed by atoms with Gasteiger partial charge in [-0.05, 0) is 31.5 Å². The first-order valence-corrected chi connectivity index (χ1v) is 6.97. The van der Waals surface area contributed by atoms with E-state index in [-0.39, 0.29) is 5.82 Å². The zero-order chi connectivity index (χ0) is 16.3. The molecular formula is C17H13ClFN3. The minimum Gasteiger partial charge on any atom is -0.361 e. The van der Waals surface area contributed by atoms with Crippen LogP contribution >= 0.6 is 11.6 Å². The minimum atomic E-state index is -0.506. The van der Waals surface area contributed by atoms with Gasteiger partial charge in [-0.25, -0.2) is 4.39 Å². The number of halogens is 2. The number of allylic oxidation sites excluding steroid dienone is 5. The highest BCUT2D eigenvalue weighted by atomic mass is 35.5. The standard InChI is InChI=1S/C17H13ClFN3/c1-10-15(8-20)14(16(9-21)11(2)22-10)7-17(18)12-3-5-13(19)6-4-12/h3-7,14,22H,1-2H3/b17-7+. The summed E-state index contributed by atoms with van der Waals surface area (Å²) in [5.74, 6) is -0.856. The highest BCUT2D eigenvalue weighted by Crippen LogP contribution is 2.33. The Labute approximate surface area is 133 Å². The number of nitrogens with zero attached hydrogens (tertiary/aromatic N) is 2. The van der Waals surface area contributed by atoms with Crippen LogP contribution in [0.3, 0.4) is 0 Å². The highest BCUT2D eigenvalue weighted by Gasteiger charge is 2.26. The molecule has 2 rings (SSSR count). The van der Waals surface area contributed by atoms with Crippen molar-refractivity contribution in [1.82, 2.24) is 5.32 Å². The molecule has 1 aliphatic heterocycles. The van der Waals surface area contributed by atoms with E-state index in [1.165, 1.54) is 12.1 Å². The average molecular weight is 314 g/mol. The van der Waals surface area contributed by atoms with Crippen molar-refractivity contribution >= 4 is 16.6 Å². The first kappa shape index (κ1) is 15.8. The second-order valence-corrected chi connectivity index (χ2v) is 5.33. The molecular weight excluding hydrogens is 301 g/mol. The molecule has 3 nitrogen and oxygen atoms in total. The summed E-state index contributed by atoms with van der Waals surface area (Å²) in [6, 6.07) is 9.98. The molecule has 1 aromatic rings. The fourth-order valence-corrected chi connectivity index (χ4v) is 2.60. The summed E-state index contributed by atoms with van der Waals surface area (Å²) < 4.78 is 13.0. The Bertz CT molecular complexity index is 738. The lowest BCUT2D eigenvalue weighted by atomic mass is 9.86. The summed E-state index contributed by atoms with van der Waals surface area (Å²) in [5.41, 5.74) is 2.92. The van der Waals surface area contributed by atoms with Gasteiger partial charge in [0.2, 0.25) is 0 Å². The van der Waals surface area contributed by atoms with Gasteiger partial charge in [-0.15, -0.1) is 0 Å². The third-order valence-corrected chi connectivity index (χ3v) is 3.82. The Morgan fingerprint density at radius 3 is 2.09 bits per heavy atom. The van der Waals surface area contributed by atoms with Crippen LogP contribution in [0.5, 0.6) is 0 Å². The van der Waals surface area contributed by atoms with Crippen LogP contribution in [0.2, 0.25) is 0 Å². The van der Waals surface area contributed by atoms with Crippen molar-refractivity contribution in [3.05, 3.63) is 64.3 Å². The fourth-order valence-electron chi connectivity index (χ4n) is 2.35. The molecule has 5 heteroatoms. The van der Waals surface area contributed by atoms with Gasteiger partial charge in [0, 0.05) is 16.4 Å². The molecule has 0 spiro atoms. The van der Waals surface area contributed by atoms with Gasteiger partial charge in [-0.2, -0.15) is 10.5 Å². The van der Waals surface area contributed by atoms with Crippen LogP contribution in [0.15, 0.2) is 52.9 Å². The Morgan fingerprint density at radius 1 is 1.14 bits per heavy atom. The second kappa shape index (κ2) is 6.47. The molecule has 0 fully saturated rings. The number of benzene rings is 1. The van der Waals surface area contributed by atoms with Crippen molar-refractivity contribution in [2.75, 3.05) is 0 Å². The molecule has 0 aliphatic carbocycles. The van der Waals surface area contributed by atoms with Crippen molar-refractivity contribution in [3.63, 3.8) is 0 Å². The first-order chi connectivity index (χ1) is 10.5. The third-order valence-electron chi connectivity index (χ3n) is 3.48. The zero-order valence-corrected chi connectivity index (χ0v) is 12.9. The van der Waals surface area contributed by atoms with Gasteiger partial charge < -0.3 is 5.32 Å².